The van der Waals surface area contributed by atoms with Crippen molar-refractivity contribution in [1.29, 1.82) is 0 Å². The molecule has 1 amide bonds. The monoisotopic (exact) mass is 545 g/mol. The summed E-state index contributed by atoms with van der Waals surface area (Å²) in [6.45, 7) is 29.9. The van der Waals surface area contributed by atoms with E-state index in [1.165, 1.54) is 0 Å². The second kappa shape index (κ2) is 9.39. The second-order valence-electron chi connectivity index (χ2n) is 14.6. The molecular weight excluding hydrogens is 494 g/mol. The van der Waals surface area contributed by atoms with Gasteiger partial charge in [0.15, 0.2) is 34.3 Å². The van der Waals surface area contributed by atoms with Crippen molar-refractivity contribution < 1.29 is 32.6 Å². The van der Waals surface area contributed by atoms with Crippen molar-refractivity contribution >= 4 is 22.5 Å². The molecule has 0 bridgehead atoms. The quantitative estimate of drug-likeness (QED) is 0.473. The number of amides is 1. The van der Waals surface area contributed by atoms with E-state index in [2.05, 4.69) is 73.0 Å². The lowest BCUT2D eigenvalue weighted by Gasteiger charge is -2.44. The fourth-order valence-corrected chi connectivity index (χ4v) is 7.00. The predicted molar refractivity (Wildman–Crippen MR) is 145 cm³/mol. The Morgan fingerprint density at radius 3 is 1.78 bits per heavy atom. The van der Waals surface area contributed by atoms with Crippen LogP contribution in [0.5, 0.6) is 0 Å². The third-order valence-corrected chi connectivity index (χ3v) is 17.5. The maximum absolute atomic E-state index is 13.6. The first kappa shape index (κ1) is 30.2. The van der Waals surface area contributed by atoms with E-state index in [0.29, 0.717) is 6.61 Å². The van der Waals surface area contributed by atoms with E-state index in [9.17, 15) is 4.79 Å². The van der Waals surface area contributed by atoms with Crippen molar-refractivity contribution in [2.45, 2.75) is 154 Å². The second-order valence-corrected chi connectivity index (χ2v) is 24.1. The zero-order valence-electron chi connectivity index (χ0n) is 25.0. The molecule has 3 heterocycles. The van der Waals surface area contributed by atoms with Crippen LogP contribution >= 0.6 is 0 Å². The van der Waals surface area contributed by atoms with Gasteiger partial charge in [-0.1, -0.05) is 41.5 Å². The zero-order chi connectivity index (χ0) is 27.7. The Morgan fingerprint density at radius 1 is 0.806 bits per heavy atom. The Labute approximate surface area is 220 Å². The molecule has 6 atom stereocenters. The molecule has 3 aliphatic heterocycles. The molecule has 8 nitrogen and oxygen atoms in total. The largest absolute Gasteiger partial charge is 0.409 e. The number of hydrogen-bond acceptors (Lipinski definition) is 7. The lowest BCUT2D eigenvalue weighted by atomic mass is 9.97. The zero-order valence-corrected chi connectivity index (χ0v) is 27.0. The molecule has 36 heavy (non-hydrogen) atoms. The van der Waals surface area contributed by atoms with E-state index in [1.807, 2.05) is 27.7 Å². The summed E-state index contributed by atoms with van der Waals surface area (Å²) >= 11 is 0. The Balaban J connectivity index is 1.99. The standard InChI is InChI=1S/C26H51NO7Si2/c1-23(2,3)35(11,12)33-20-17(27-22(28)21(20)34-36(13,14)24(4,5)6)19-18(31-26(9,10)32-19)16-15-29-25(7,8)30-16/h16-21H,15H2,1-14H3,(H,27,28)/t16-,17+,18-,19-,20+,21-/m1/s1. The molecular formula is C26H51NO7Si2. The van der Waals surface area contributed by atoms with Gasteiger partial charge in [-0.2, -0.15) is 0 Å². The summed E-state index contributed by atoms with van der Waals surface area (Å²) in [6.07, 6.45) is -2.45. The van der Waals surface area contributed by atoms with Crippen LogP contribution < -0.4 is 5.32 Å². The third kappa shape index (κ3) is 6.11. The minimum Gasteiger partial charge on any atom is -0.409 e. The van der Waals surface area contributed by atoms with Crippen molar-refractivity contribution in [3.05, 3.63) is 0 Å². The highest BCUT2D eigenvalue weighted by Crippen LogP contribution is 2.44. The van der Waals surface area contributed by atoms with Crippen LogP contribution in [0, 0.1) is 0 Å². The third-order valence-electron chi connectivity index (χ3n) is 8.60. The first-order chi connectivity index (χ1) is 16.0. The lowest BCUT2D eigenvalue weighted by Crippen LogP contribution is -2.57. The smallest absolute Gasteiger partial charge is 0.251 e. The van der Waals surface area contributed by atoms with Gasteiger partial charge in [-0.15, -0.1) is 0 Å². The molecule has 0 unspecified atom stereocenters. The topological polar surface area (TPSA) is 84.5 Å². The molecule has 0 saturated carbocycles. The summed E-state index contributed by atoms with van der Waals surface area (Å²) in [5, 5.41) is 3.12. The van der Waals surface area contributed by atoms with Gasteiger partial charge >= 0.3 is 0 Å². The molecule has 0 aliphatic carbocycles. The molecule has 3 aliphatic rings. The summed E-state index contributed by atoms with van der Waals surface area (Å²) in [4.78, 5) is 13.6. The highest BCUT2D eigenvalue weighted by molar-refractivity contribution is 6.74. The fraction of sp³-hybridized carbons (Fsp3) is 0.962. The molecule has 3 fully saturated rings. The lowest BCUT2D eigenvalue weighted by molar-refractivity contribution is -0.175. The molecule has 0 aromatic rings. The molecule has 210 valence electrons. The highest BCUT2D eigenvalue weighted by Gasteiger charge is 2.60. The average Bonchev–Trinajstić information content (AvgIpc) is 3.27. The number of carbonyl (C=O) groups excluding carboxylic acids is 1. The molecule has 0 aromatic carbocycles. The van der Waals surface area contributed by atoms with E-state index in [1.54, 1.807) is 0 Å². The van der Waals surface area contributed by atoms with Gasteiger partial charge in [-0.3, -0.25) is 4.79 Å². The Hall–Kier alpha value is -0.336. The van der Waals surface area contributed by atoms with Crippen molar-refractivity contribution in [2.24, 2.45) is 0 Å². The van der Waals surface area contributed by atoms with Gasteiger partial charge in [-0.05, 0) is 64.0 Å². The fourth-order valence-electron chi connectivity index (χ4n) is 4.46. The van der Waals surface area contributed by atoms with Crippen molar-refractivity contribution in [2.75, 3.05) is 6.61 Å². The average molecular weight is 546 g/mol. The minimum atomic E-state index is -2.28. The van der Waals surface area contributed by atoms with Crippen LogP contribution in [0.4, 0.5) is 0 Å². The van der Waals surface area contributed by atoms with Gasteiger partial charge in [0.2, 0.25) is 0 Å². The number of rotatable bonds is 6. The van der Waals surface area contributed by atoms with E-state index >= 15 is 0 Å². The number of nitrogens with one attached hydrogen (secondary N) is 1. The molecule has 3 saturated heterocycles. The van der Waals surface area contributed by atoms with Crippen LogP contribution in [0.1, 0.15) is 69.2 Å². The van der Waals surface area contributed by atoms with Crippen LogP contribution in [-0.4, -0.2) is 77.3 Å². The summed E-state index contributed by atoms with van der Waals surface area (Å²) in [7, 11) is -4.55. The summed E-state index contributed by atoms with van der Waals surface area (Å²) in [5.74, 6) is -1.69. The maximum Gasteiger partial charge on any atom is 0.251 e. The van der Waals surface area contributed by atoms with Crippen molar-refractivity contribution in [3.63, 3.8) is 0 Å². The van der Waals surface area contributed by atoms with E-state index in [4.69, 9.17) is 27.8 Å². The summed E-state index contributed by atoms with van der Waals surface area (Å²) in [6, 6.07) is -0.444. The van der Waals surface area contributed by atoms with Crippen molar-refractivity contribution in [1.82, 2.24) is 5.32 Å². The number of carbonyl (C=O) groups is 1. The van der Waals surface area contributed by atoms with E-state index in [0.717, 1.165) is 0 Å². The number of hydrogen-bond donors (Lipinski definition) is 1. The highest BCUT2D eigenvalue weighted by atomic mass is 28.4. The first-order valence-corrected chi connectivity index (χ1v) is 19.1. The van der Waals surface area contributed by atoms with E-state index in [-0.39, 0.29) is 22.1 Å². The SMILES string of the molecule is CC1(C)O[C@H]([C@@H]2NC(=O)[C@H](O[Si](C)(C)C(C)(C)C)[C@H]2O[Si](C)(C)C(C)(C)C)[C@@H]([C@H]2COC(C)(C)O2)O1. The maximum atomic E-state index is 13.6. The van der Waals surface area contributed by atoms with Crippen LogP contribution in [0.25, 0.3) is 0 Å². The van der Waals surface area contributed by atoms with Gasteiger partial charge in [0.05, 0.1) is 12.6 Å². The molecule has 10 heteroatoms. The van der Waals surface area contributed by atoms with Crippen LogP contribution in [0.3, 0.4) is 0 Å². The van der Waals surface area contributed by atoms with Gasteiger partial charge in [-0.25, -0.2) is 0 Å². The normalized spacial score (nSPS) is 35.3. The molecule has 0 spiro atoms. The van der Waals surface area contributed by atoms with Crippen LogP contribution in [0.15, 0.2) is 0 Å². The Kier molecular flexibility index (Phi) is 7.88. The van der Waals surface area contributed by atoms with Crippen molar-refractivity contribution in [3.8, 4) is 0 Å². The summed E-state index contributed by atoms with van der Waals surface area (Å²) in [5.41, 5.74) is 0. The van der Waals surface area contributed by atoms with Gasteiger partial charge in [0.25, 0.3) is 5.91 Å². The Morgan fingerprint density at radius 2 is 1.31 bits per heavy atom. The molecule has 3 rings (SSSR count). The molecule has 0 aromatic heterocycles. The number of ether oxygens (including phenoxy) is 4. The van der Waals surface area contributed by atoms with Gasteiger partial charge in [0, 0.05) is 0 Å². The van der Waals surface area contributed by atoms with Crippen LogP contribution in [0.2, 0.25) is 36.3 Å². The molecule has 1 N–H and O–H groups in total. The molecule has 0 radical (unpaired) electrons. The van der Waals surface area contributed by atoms with Gasteiger partial charge in [0.1, 0.15) is 24.4 Å². The minimum absolute atomic E-state index is 0.0388. The predicted octanol–water partition coefficient (Wildman–Crippen LogP) is 4.94. The van der Waals surface area contributed by atoms with Crippen LogP contribution in [-0.2, 0) is 32.6 Å². The Bertz CT molecular complexity index is 831. The summed E-state index contributed by atoms with van der Waals surface area (Å²) < 4.78 is 38.6. The van der Waals surface area contributed by atoms with Gasteiger partial charge < -0.3 is 33.1 Å². The first-order valence-electron chi connectivity index (χ1n) is 13.3. The van der Waals surface area contributed by atoms with E-state index < -0.39 is 58.7 Å².